The topological polar surface area (TPSA) is 130 Å². The Morgan fingerprint density at radius 1 is 1.35 bits per heavy atom. The molecule has 0 aliphatic carbocycles. The molecule has 1 amide bonds. The fourth-order valence-electron chi connectivity index (χ4n) is 2.87. The van der Waals surface area contributed by atoms with Gasteiger partial charge < -0.3 is 10.2 Å². The lowest BCUT2D eigenvalue weighted by molar-refractivity contribution is -0.115. The maximum atomic E-state index is 11.5. The summed E-state index contributed by atoms with van der Waals surface area (Å²) in [5.74, 6) is 1.57. The van der Waals surface area contributed by atoms with Gasteiger partial charge in [-0.1, -0.05) is 0 Å². The van der Waals surface area contributed by atoms with Crippen LogP contribution in [-0.4, -0.2) is 43.9 Å². The van der Waals surface area contributed by atoms with E-state index >= 15 is 0 Å². The number of nitrogens with zero attached hydrogens (tertiary/aromatic N) is 3. The molecule has 1 saturated heterocycles. The Balaban J connectivity index is 0.00000192. The molecule has 0 unspecified atom stereocenters. The highest BCUT2D eigenvalue weighted by Gasteiger charge is 2.28. The summed E-state index contributed by atoms with van der Waals surface area (Å²) in [6.07, 6.45) is 3.43. The van der Waals surface area contributed by atoms with E-state index in [1.807, 2.05) is 0 Å². The number of halogens is 1. The molecule has 3 heterocycles. The van der Waals surface area contributed by atoms with E-state index in [2.05, 4.69) is 24.9 Å². The largest absolute Gasteiger partial charge is 0.356 e. The average Bonchev–Trinajstić information content (AvgIpc) is 2.85. The predicted octanol–water partition coefficient (Wildman–Crippen LogP) is -0.598. The van der Waals surface area contributed by atoms with E-state index in [1.165, 1.54) is 6.33 Å². The first-order valence-corrected chi connectivity index (χ1v) is 8.63. The Hall–Kier alpha value is -1.49. The molecule has 2 aliphatic heterocycles. The number of amides is 1. The minimum atomic E-state index is -3.63. The van der Waals surface area contributed by atoms with E-state index in [4.69, 9.17) is 5.14 Å². The minimum absolute atomic E-state index is 0. The number of carbonyl (C=O) groups is 1. The summed E-state index contributed by atoms with van der Waals surface area (Å²) >= 11 is 0. The van der Waals surface area contributed by atoms with Crippen LogP contribution in [0.3, 0.4) is 0 Å². The molecule has 0 aromatic carbocycles. The van der Waals surface area contributed by atoms with Crippen molar-refractivity contribution in [2.75, 3.05) is 29.9 Å². The van der Waals surface area contributed by atoms with Crippen LogP contribution in [0.5, 0.6) is 0 Å². The van der Waals surface area contributed by atoms with Crippen molar-refractivity contribution in [2.45, 2.75) is 19.3 Å². The predicted molar refractivity (Wildman–Crippen MR) is 87.7 cm³/mol. The molecule has 3 rings (SSSR count). The number of rotatable bonds is 4. The van der Waals surface area contributed by atoms with Crippen molar-refractivity contribution in [3.8, 4) is 0 Å². The maximum Gasteiger partial charge on any atom is 0.274 e. The van der Waals surface area contributed by atoms with Crippen LogP contribution in [0.1, 0.15) is 18.4 Å². The summed E-state index contributed by atoms with van der Waals surface area (Å²) < 4.78 is 24.2. The van der Waals surface area contributed by atoms with Gasteiger partial charge in [-0.25, -0.2) is 19.8 Å². The molecule has 23 heavy (non-hydrogen) atoms. The van der Waals surface area contributed by atoms with Crippen molar-refractivity contribution in [1.82, 2.24) is 14.7 Å². The number of fused-ring (bicyclic) bond motifs is 1. The number of anilines is 2. The molecule has 0 atom stereocenters. The first kappa shape index (κ1) is 17.9. The standard InChI is InChI=1S/C12H18N6O3S.ClH/c13-22(20,21)16-6-8-1-3-18(4-2-8)12-9-5-10(19)17-11(9)14-7-15-12;/h7-8,16H,1-6H2,(H2,13,20,21)(H,14,15,17,19);1H. The van der Waals surface area contributed by atoms with E-state index < -0.39 is 10.2 Å². The van der Waals surface area contributed by atoms with E-state index in [1.54, 1.807) is 0 Å². The summed E-state index contributed by atoms with van der Waals surface area (Å²) in [5.41, 5.74) is 0.841. The SMILES string of the molecule is Cl.NS(=O)(=O)NCC1CCN(c2ncnc3c2CC(=O)N3)CC1. The zero-order valence-electron chi connectivity index (χ0n) is 12.4. The van der Waals surface area contributed by atoms with E-state index in [0.29, 0.717) is 18.8 Å². The van der Waals surface area contributed by atoms with Gasteiger partial charge in [0, 0.05) is 25.2 Å². The van der Waals surface area contributed by atoms with Crippen molar-refractivity contribution in [3.05, 3.63) is 11.9 Å². The van der Waals surface area contributed by atoms with Crippen molar-refractivity contribution >= 4 is 40.2 Å². The van der Waals surface area contributed by atoms with Gasteiger partial charge in [0.05, 0.1) is 6.42 Å². The molecule has 9 nitrogen and oxygen atoms in total. The van der Waals surface area contributed by atoms with Gasteiger partial charge >= 0.3 is 0 Å². The maximum absolute atomic E-state index is 11.5. The quantitative estimate of drug-likeness (QED) is 0.655. The number of hydrogen-bond donors (Lipinski definition) is 3. The molecule has 1 aromatic heterocycles. The molecule has 0 radical (unpaired) electrons. The first-order valence-electron chi connectivity index (χ1n) is 7.08. The molecule has 2 aliphatic rings. The van der Waals surface area contributed by atoms with Gasteiger partial charge in [-0.2, -0.15) is 8.42 Å². The van der Waals surface area contributed by atoms with Gasteiger partial charge in [0.15, 0.2) is 0 Å². The smallest absolute Gasteiger partial charge is 0.274 e. The Labute approximate surface area is 140 Å². The Morgan fingerprint density at radius 3 is 2.70 bits per heavy atom. The highest BCUT2D eigenvalue weighted by Crippen LogP contribution is 2.30. The van der Waals surface area contributed by atoms with Crippen LogP contribution in [0.2, 0.25) is 0 Å². The van der Waals surface area contributed by atoms with Gasteiger partial charge in [0.1, 0.15) is 18.0 Å². The van der Waals surface area contributed by atoms with Crippen molar-refractivity contribution in [2.24, 2.45) is 11.1 Å². The minimum Gasteiger partial charge on any atom is -0.356 e. The van der Waals surface area contributed by atoms with E-state index in [-0.39, 0.29) is 24.2 Å². The summed E-state index contributed by atoms with van der Waals surface area (Å²) in [4.78, 5) is 22.0. The number of nitrogens with two attached hydrogens (primary N) is 1. The van der Waals surface area contributed by atoms with Crippen molar-refractivity contribution < 1.29 is 13.2 Å². The van der Waals surface area contributed by atoms with E-state index in [0.717, 1.165) is 37.3 Å². The Bertz CT molecular complexity index is 690. The van der Waals surface area contributed by atoms with Gasteiger partial charge in [-0.15, -0.1) is 12.4 Å². The van der Waals surface area contributed by atoms with Crippen LogP contribution in [-0.2, 0) is 21.4 Å². The molecule has 1 aromatic rings. The Morgan fingerprint density at radius 2 is 2.04 bits per heavy atom. The zero-order valence-corrected chi connectivity index (χ0v) is 14.0. The normalized spacial score (nSPS) is 18.3. The number of hydrogen-bond acceptors (Lipinski definition) is 6. The van der Waals surface area contributed by atoms with Crippen LogP contribution in [0.15, 0.2) is 6.33 Å². The second-order valence-electron chi connectivity index (χ2n) is 5.57. The Kier molecular flexibility index (Phi) is 5.40. The average molecular weight is 363 g/mol. The highest BCUT2D eigenvalue weighted by atomic mass is 35.5. The van der Waals surface area contributed by atoms with Crippen LogP contribution in [0.4, 0.5) is 11.6 Å². The first-order chi connectivity index (χ1) is 10.4. The van der Waals surface area contributed by atoms with Crippen LogP contribution in [0.25, 0.3) is 0 Å². The summed E-state index contributed by atoms with van der Waals surface area (Å²) in [6.45, 7) is 1.87. The number of nitrogens with one attached hydrogen (secondary N) is 2. The molecule has 0 spiro atoms. The fraction of sp³-hybridized carbons (Fsp3) is 0.583. The molecule has 11 heteroatoms. The third kappa shape index (κ3) is 4.28. The number of aromatic nitrogens is 2. The lowest BCUT2D eigenvalue weighted by atomic mass is 9.97. The van der Waals surface area contributed by atoms with Crippen molar-refractivity contribution in [1.29, 1.82) is 0 Å². The molecule has 1 fully saturated rings. The number of piperidine rings is 1. The third-order valence-corrected chi connectivity index (χ3v) is 4.57. The van der Waals surface area contributed by atoms with Crippen LogP contribution in [0, 0.1) is 5.92 Å². The summed E-state index contributed by atoms with van der Waals surface area (Å²) in [7, 11) is -3.63. The lowest BCUT2D eigenvalue weighted by Gasteiger charge is -2.33. The van der Waals surface area contributed by atoms with Gasteiger partial charge in [-0.05, 0) is 18.8 Å². The molecule has 4 N–H and O–H groups in total. The lowest BCUT2D eigenvalue weighted by Crippen LogP contribution is -2.41. The van der Waals surface area contributed by atoms with Crippen LogP contribution < -0.4 is 20.1 Å². The zero-order chi connectivity index (χ0) is 15.7. The molecule has 0 bridgehead atoms. The summed E-state index contributed by atoms with van der Waals surface area (Å²) in [6, 6.07) is 0. The monoisotopic (exact) mass is 362 g/mol. The molecule has 0 saturated carbocycles. The fourth-order valence-corrected chi connectivity index (χ4v) is 3.33. The molecular formula is C12H19ClN6O3S. The summed E-state index contributed by atoms with van der Waals surface area (Å²) in [5, 5.41) is 7.66. The van der Waals surface area contributed by atoms with Gasteiger partial charge in [0.25, 0.3) is 10.2 Å². The van der Waals surface area contributed by atoms with E-state index in [9.17, 15) is 13.2 Å². The van der Waals surface area contributed by atoms with Crippen LogP contribution >= 0.6 is 12.4 Å². The van der Waals surface area contributed by atoms with Crippen molar-refractivity contribution in [3.63, 3.8) is 0 Å². The molecule has 128 valence electrons. The van der Waals surface area contributed by atoms with Gasteiger partial charge in [-0.3, -0.25) is 4.79 Å². The molecular weight excluding hydrogens is 344 g/mol. The second kappa shape index (κ2) is 6.95. The highest BCUT2D eigenvalue weighted by molar-refractivity contribution is 7.87. The second-order valence-corrected chi connectivity index (χ2v) is 6.95. The third-order valence-electron chi connectivity index (χ3n) is 4.01. The number of carbonyl (C=O) groups excluding carboxylic acids is 1. The van der Waals surface area contributed by atoms with Gasteiger partial charge in [0.2, 0.25) is 5.91 Å².